The molecule has 113 heavy (non-hydrogen) atoms. The van der Waals surface area contributed by atoms with Crippen LogP contribution in [0.25, 0.3) is 11.3 Å². The summed E-state index contributed by atoms with van der Waals surface area (Å²) in [4.78, 5) is 163. The van der Waals surface area contributed by atoms with Gasteiger partial charge in [-0.25, -0.2) is 16.8 Å². The Hall–Kier alpha value is -4.86. The number of nitrogens with one attached hydrogen (secondary N) is 13. The van der Waals surface area contributed by atoms with Gasteiger partial charge in [0.2, 0.25) is 47.3 Å². The smallest absolute Gasteiger partial charge is 0.747 e. The summed E-state index contributed by atoms with van der Waals surface area (Å²) in [7, 11) is -8.62. The number of aliphatic hydroxyl groups excluding tert-OH is 2. The number of nitrogens with zero attached hydrogens (tertiary/aromatic N) is 1. The minimum atomic E-state index is -4.83. The zero-order chi connectivity index (χ0) is 82.0. The molecule has 11 atom stereocenters. The molecule has 608 valence electrons. The van der Waals surface area contributed by atoms with E-state index < -0.39 is 242 Å². The SMILES string of the molecule is O=S(=O)=O.O=S(=O)=O.[CH2-]NCC[C@@H]1NC(=O)[C@@H](NC(=O)[C@H](CN[CH2-])CC(=O)[C@H](CO)NC(=O)[C@H](CCNCS(=O)(=O)[O-])CC(=O)c2ccnc(-c3ccccc3)c2)CCNC(=O)[C@H]([C@@H](C)O)NC(=O)[C@H](CCNCS(=O)(=O)[O-])NC(=O)[C@H](CCNCC)NC(=O)[C@H](CC(C)C)CC(=O)[C@@H](Cc2ccccc2)NC1=O.[Na+].[Na+].[Na+].[Na+]. The van der Waals surface area contributed by atoms with E-state index in [1.807, 2.05) is 0 Å². The van der Waals surface area contributed by atoms with Crippen molar-refractivity contribution in [3.8, 4) is 11.3 Å². The fourth-order valence-corrected chi connectivity index (χ4v) is 11.7. The molecule has 1 aliphatic rings. The van der Waals surface area contributed by atoms with Crippen LogP contribution < -0.4 is 187 Å². The molecule has 1 aliphatic heterocycles. The summed E-state index contributed by atoms with van der Waals surface area (Å²) in [6, 6.07) is 8.99. The van der Waals surface area contributed by atoms with E-state index in [4.69, 9.17) is 25.3 Å². The van der Waals surface area contributed by atoms with Gasteiger partial charge >= 0.3 is 139 Å². The quantitative estimate of drug-likeness (QED) is 0.00845. The molecule has 15 N–H and O–H groups in total. The molecule has 3 aromatic rings. The molecular formula is C66H96N14Na4O25S4. The van der Waals surface area contributed by atoms with Gasteiger partial charge in [-0.15, -0.1) is 25.3 Å². The average molecular weight is 1710 g/mol. The largest absolute Gasteiger partial charge is 1.00 e. The number of ketones is 3. The summed E-state index contributed by atoms with van der Waals surface area (Å²) in [5.74, 6) is -16.3. The Morgan fingerprint density at radius 2 is 1.13 bits per heavy atom. The van der Waals surface area contributed by atoms with Gasteiger partial charge in [-0.05, 0) is 115 Å². The van der Waals surface area contributed by atoms with Gasteiger partial charge in [0.25, 0.3) is 0 Å². The molecule has 47 heteroatoms. The maximum Gasteiger partial charge on any atom is 1.00 e. The van der Waals surface area contributed by atoms with Crippen molar-refractivity contribution in [3.63, 3.8) is 0 Å². The average Bonchev–Trinajstić information content (AvgIpc) is 1.03. The number of benzene rings is 2. The van der Waals surface area contributed by atoms with Crippen molar-refractivity contribution in [2.75, 3.05) is 64.2 Å². The van der Waals surface area contributed by atoms with Gasteiger partial charge in [0, 0.05) is 55.0 Å². The molecule has 0 unspecified atom stereocenters. The fourth-order valence-electron chi connectivity index (χ4n) is 10.9. The fraction of sp³-hybridized carbons (Fsp3) is 0.545. The van der Waals surface area contributed by atoms with Crippen molar-refractivity contribution in [2.45, 2.75) is 140 Å². The van der Waals surface area contributed by atoms with Gasteiger partial charge in [-0.1, -0.05) is 81.4 Å². The van der Waals surface area contributed by atoms with Gasteiger partial charge in [-0.3, -0.25) is 71.8 Å². The summed E-state index contributed by atoms with van der Waals surface area (Å²) in [6.07, 6.45) is -3.65. The third kappa shape index (κ3) is 48.0. The van der Waals surface area contributed by atoms with Crippen LogP contribution in [0.15, 0.2) is 79.0 Å². The molecule has 8 amide bonds. The van der Waals surface area contributed by atoms with E-state index in [0.29, 0.717) is 23.4 Å². The van der Waals surface area contributed by atoms with E-state index in [1.165, 1.54) is 18.3 Å². The molecule has 0 bridgehead atoms. The Kier molecular flexibility index (Phi) is 60.2. The van der Waals surface area contributed by atoms with Crippen LogP contribution >= 0.6 is 0 Å². The van der Waals surface area contributed by atoms with E-state index in [1.54, 1.807) is 81.4 Å². The van der Waals surface area contributed by atoms with E-state index in [0.717, 1.165) is 6.92 Å². The topological polar surface area (TPSA) is 614 Å². The molecule has 2 aromatic carbocycles. The van der Waals surface area contributed by atoms with Gasteiger partial charge in [0.1, 0.15) is 56.5 Å². The number of amides is 8. The minimum absolute atomic E-state index is 0. The number of aliphatic hydroxyl groups is 2. The van der Waals surface area contributed by atoms with Gasteiger partial charge < -0.3 is 88.4 Å². The number of rotatable bonds is 36. The predicted molar refractivity (Wildman–Crippen MR) is 386 cm³/mol. The monoisotopic (exact) mass is 1700 g/mol. The molecule has 0 aliphatic carbocycles. The van der Waals surface area contributed by atoms with E-state index in [2.05, 4.69) is 88.2 Å². The van der Waals surface area contributed by atoms with E-state index >= 15 is 0 Å². The molecule has 1 aromatic heterocycles. The summed E-state index contributed by atoms with van der Waals surface area (Å²) < 4.78 is 119. The predicted octanol–water partition coefficient (Wildman–Crippen LogP) is -17.2. The van der Waals surface area contributed by atoms with Crippen LogP contribution in [0.4, 0.5) is 0 Å². The second-order valence-corrected chi connectivity index (χ2v) is 28.9. The number of carbonyl (C=O) groups excluding carboxylic acids is 11. The van der Waals surface area contributed by atoms with Crippen LogP contribution in [0, 0.1) is 37.8 Å². The van der Waals surface area contributed by atoms with Crippen molar-refractivity contribution in [2.24, 2.45) is 23.7 Å². The van der Waals surface area contributed by atoms with Crippen LogP contribution in [0.3, 0.4) is 0 Å². The maximum atomic E-state index is 14.8. The van der Waals surface area contributed by atoms with E-state index in [-0.39, 0.29) is 181 Å². The first kappa shape index (κ1) is 112. The van der Waals surface area contributed by atoms with Crippen molar-refractivity contribution in [3.05, 3.63) is 104 Å². The number of Topliss-reactive ketones (excluding diaryl/α,β-unsaturated/α-hetero) is 3. The Morgan fingerprint density at radius 1 is 0.628 bits per heavy atom. The second kappa shape index (κ2) is 60.6. The van der Waals surface area contributed by atoms with Crippen molar-refractivity contribution >= 4 is 106 Å². The van der Waals surface area contributed by atoms with Crippen molar-refractivity contribution in [1.29, 1.82) is 0 Å². The summed E-state index contributed by atoms with van der Waals surface area (Å²) in [6.45, 7) is 4.38. The summed E-state index contributed by atoms with van der Waals surface area (Å²) in [5.41, 5.74) is 1.83. The first-order valence-electron chi connectivity index (χ1n) is 34.2. The first-order chi connectivity index (χ1) is 51.3. The standard InChI is InChI=1S/C66H98N14O19S2.4Na.2O3S/c1-7-69-26-21-49-62(89)77-50(22-27-71-39-101(97,98)99)65(92)80-58(41(4)82)66(93)73-29-23-51(63(90)76-48(20-24-67-5)64(91)78-53(31-42-14-10-8-11-15-42)56(84)34-46(30-40(2)3)60(87)74-49)75-61(88)47(36-68-6)35-57(85)54(37-81)79-59(86)45(18-25-70-38-100(94,95)96)33-55(83)44-19-28-72-52(32-44)43-16-12-9-13-17-43;;;;;2*1-4(2)3/h8-17,19,28,32,40-41,45-51,53-54,58,67-71,81-82H,5-7,18,20-27,29-31,33-39H2,1-4H3,(H,73,93)(H,74,87)(H,75,88)(H,76,90)(H,77,89)(H,78,91)(H,79,86)(H,80,92)(H,94,95,96)(H,97,98,99);;;;;;/q-2;4*+1;;/p-2/t41-,45-,46-,47+,48+,49+,50+,51+,53-,54+,58+;;;;;;/m1....../s1. The molecule has 2 heterocycles. The zero-order valence-electron chi connectivity index (χ0n) is 64.4. The molecule has 0 saturated carbocycles. The molecule has 1 saturated heterocycles. The van der Waals surface area contributed by atoms with Crippen molar-refractivity contribution in [1.82, 2.24) is 74.1 Å². The third-order valence-corrected chi connectivity index (χ3v) is 17.4. The molecule has 1 fully saturated rings. The van der Waals surface area contributed by atoms with E-state index in [9.17, 15) is 88.9 Å². The van der Waals surface area contributed by atoms with Crippen LogP contribution in [0.1, 0.15) is 101 Å². The summed E-state index contributed by atoms with van der Waals surface area (Å²) in [5, 5.41) is 55.0. The zero-order valence-corrected chi connectivity index (χ0v) is 75.6. The molecule has 4 rings (SSSR count). The van der Waals surface area contributed by atoms with Crippen molar-refractivity contribution < 1.29 is 232 Å². The molecule has 0 spiro atoms. The summed E-state index contributed by atoms with van der Waals surface area (Å²) >= 11 is 0. The Balaban J connectivity index is -0.00000959. The number of hydrogen-bond donors (Lipinski definition) is 15. The third-order valence-electron chi connectivity index (χ3n) is 16.2. The number of aromatic nitrogens is 1. The van der Waals surface area contributed by atoms with Gasteiger partial charge in [0.05, 0.1) is 42.1 Å². The van der Waals surface area contributed by atoms with Crippen LogP contribution in [0.2, 0.25) is 0 Å². The molecule has 39 nitrogen and oxygen atoms in total. The normalized spacial score (nSPS) is 19.1. The maximum absolute atomic E-state index is 14.8. The first-order valence-corrected chi connectivity index (χ1v) is 39.3. The van der Waals surface area contributed by atoms with Gasteiger partial charge in [0.15, 0.2) is 17.3 Å². The van der Waals surface area contributed by atoms with Crippen LogP contribution in [-0.4, -0.2) is 244 Å². The Labute approximate surface area is 748 Å². The second-order valence-electron chi connectivity index (χ2n) is 25.3. The van der Waals surface area contributed by atoms with Crippen LogP contribution in [0.5, 0.6) is 0 Å². The Bertz CT molecular complexity index is 3950. The minimum Gasteiger partial charge on any atom is -0.747 e. The number of pyridine rings is 1. The number of carbonyl (C=O) groups is 11. The van der Waals surface area contributed by atoms with Crippen LogP contribution in [-0.2, 0) is 95.8 Å². The number of hydrogen-bond acceptors (Lipinski definition) is 31. The molecular weight excluding hydrogens is 1610 g/mol. The van der Waals surface area contributed by atoms with Gasteiger partial charge in [-0.2, -0.15) is 0 Å². The molecule has 0 radical (unpaired) electrons. The Morgan fingerprint density at radius 3 is 1.65 bits per heavy atom.